The van der Waals surface area contributed by atoms with Crippen LogP contribution in [0.4, 0.5) is 0 Å². The van der Waals surface area contributed by atoms with E-state index in [0.717, 1.165) is 6.54 Å². The third-order valence-corrected chi connectivity index (χ3v) is 6.02. The Morgan fingerprint density at radius 2 is 2.29 bits per heavy atom. The monoisotopic (exact) mass is 316 g/mol. The lowest BCUT2D eigenvalue weighted by molar-refractivity contribution is 0.0818. The third-order valence-electron chi connectivity index (χ3n) is 4.11. The van der Waals surface area contributed by atoms with Crippen molar-refractivity contribution in [2.45, 2.75) is 38.9 Å². The van der Waals surface area contributed by atoms with E-state index in [1.54, 1.807) is 0 Å². The quantitative estimate of drug-likeness (QED) is 0.920. The summed E-state index contributed by atoms with van der Waals surface area (Å²) in [5.41, 5.74) is 0. The van der Waals surface area contributed by atoms with Crippen molar-refractivity contribution < 1.29 is 0 Å². The van der Waals surface area contributed by atoms with E-state index >= 15 is 0 Å². The molecule has 1 aromatic rings. The fraction of sp³-hybridized carbons (Fsp3) is 0.692. The highest BCUT2D eigenvalue weighted by atomic mass is 79.9. The van der Waals surface area contributed by atoms with E-state index in [1.807, 2.05) is 11.3 Å². The van der Waals surface area contributed by atoms with Gasteiger partial charge in [0.2, 0.25) is 0 Å². The highest BCUT2D eigenvalue weighted by molar-refractivity contribution is 9.10. The average molecular weight is 317 g/mol. The second-order valence-corrected chi connectivity index (χ2v) is 6.80. The minimum atomic E-state index is 0.648. The van der Waals surface area contributed by atoms with Gasteiger partial charge >= 0.3 is 0 Å². The number of hydrogen-bond donors (Lipinski definition) is 1. The Hall–Kier alpha value is 0.100. The van der Waals surface area contributed by atoms with Gasteiger partial charge in [-0.05, 0) is 53.7 Å². The fourth-order valence-corrected chi connectivity index (χ4v) is 4.20. The summed E-state index contributed by atoms with van der Waals surface area (Å²) in [5.74, 6) is 0.715. The Labute approximate surface area is 117 Å². The Bertz CT molecular complexity index is 366. The second kappa shape index (κ2) is 5.83. The van der Waals surface area contributed by atoms with Crippen LogP contribution in [0.3, 0.4) is 0 Å². The first-order chi connectivity index (χ1) is 8.13. The van der Waals surface area contributed by atoms with Crippen molar-refractivity contribution in [3.8, 4) is 0 Å². The maximum Gasteiger partial charge on any atom is 0.0342 e. The van der Waals surface area contributed by atoms with Gasteiger partial charge in [-0.15, -0.1) is 11.3 Å². The molecule has 0 amide bonds. The van der Waals surface area contributed by atoms with Crippen LogP contribution in [-0.4, -0.2) is 30.6 Å². The van der Waals surface area contributed by atoms with E-state index in [9.17, 15) is 0 Å². The Morgan fingerprint density at radius 1 is 1.53 bits per heavy atom. The molecular weight excluding hydrogens is 296 g/mol. The second-order valence-electron chi connectivity index (χ2n) is 4.95. The summed E-state index contributed by atoms with van der Waals surface area (Å²) in [6.07, 6.45) is 1.25. The summed E-state index contributed by atoms with van der Waals surface area (Å²) in [5, 5.41) is 5.60. The Balaban J connectivity index is 2.01. The van der Waals surface area contributed by atoms with Gasteiger partial charge in [-0.1, -0.05) is 6.92 Å². The zero-order valence-electron chi connectivity index (χ0n) is 10.7. The molecule has 1 fully saturated rings. The molecule has 2 nitrogen and oxygen atoms in total. The fourth-order valence-electron chi connectivity index (χ4n) is 2.69. The van der Waals surface area contributed by atoms with Crippen LogP contribution in [0.25, 0.3) is 0 Å². The van der Waals surface area contributed by atoms with E-state index in [4.69, 9.17) is 0 Å². The molecule has 0 radical (unpaired) electrons. The van der Waals surface area contributed by atoms with Crippen molar-refractivity contribution >= 4 is 27.3 Å². The molecule has 1 N–H and O–H groups in total. The van der Waals surface area contributed by atoms with Gasteiger partial charge in [0, 0.05) is 34.5 Å². The topological polar surface area (TPSA) is 15.3 Å². The standard InChI is InChI=1S/C13H21BrN2S/c1-9-10(2)16(6-4-12(9)15-3)8-13-11(14)5-7-17-13/h5,7,9-10,12,15H,4,6,8H2,1-3H3. The molecule has 2 heterocycles. The molecule has 1 aromatic heterocycles. The molecular formula is C13H21BrN2S. The summed E-state index contributed by atoms with van der Waals surface area (Å²) in [7, 11) is 2.08. The third kappa shape index (κ3) is 2.92. The molecule has 3 unspecified atom stereocenters. The zero-order chi connectivity index (χ0) is 12.4. The molecule has 0 saturated carbocycles. The number of halogens is 1. The summed E-state index contributed by atoms with van der Waals surface area (Å²) >= 11 is 5.47. The van der Waals surface area contributed by atoms with Crippen LogP contribution in [0.2, 0.25) is 0 Å². The Kier molecular flexibility index (Phi) is 4.64. The lowest BCUT2D eigenvalue weighted by atomic mass is 9.87. The molecule has 0 bridgehead atoms. The first kappa shape index (κ1) is 13.5. The summed E-state index contributed by atoms with van der Waals surface area (Å²) in [6, 6.07) is 3.47. The number of nitrogens with one attached hydrogen (secondary N) is 1. The van der Waals surface area contributed by atoms with Gasteiger partial charge in [-0.25, -0.2) is 0 Å². The summed E-state index contributed by atoms with van der Waals surface area (Å²) < 4.78 is 1.26. The number of hydrogen-bond acceptors (Lipinski definition) is 3. The van der Waals surface area contributed by atoms with Gasteiger partial charge in [-0.2, -0.15) is 0 Å². The number of likely N-dealkylation sites (tertiary alicyclic amines) is 1. The number of thiophene rings is 1. The van der Waals surface area contributed by atoms with Crippen LogP contribution in [-0.2, 0) is 6.54 Å². The molecule has 1 aliphatic rings. The van der Waals surface area contributed by atoms with Crippen LogP contribution in [0, 0.1) is 5.92 Å². The largest absolute Gasteiger partial charge is 0.317 e. The van der Waals surface area contributed by atoms with Crippen molar-refractivity contribution in [2.24, 2.45) is 5.92 Å². The average Bonchev–Trinajstić information content (AvgIpc) is 2.71. The maximum atomic E-state index is 3.63. The van der Waals surface area contributed by atoms with Gasteiger partial charge in [-0.3, -0.25) is 4.90 Å². The van der Waals surface area contributed by atoms with Crippen molar-refractivity contribution in [1.82, 2.24) is 10.2 Å². The molecule has 0 spiro atoms. The minimum absolute atomic E-state index is 0.648. The predicted octanol–water partition coefficient (Wildman–Crippen LogP) is 3.33. The van der Waals surface area contributed by atoms with Crippen LogP contribution in [0.15, 0.2) is 15.9 Å². The molecule has 4 heteroatoms. The first-order valence-electron chi connectivity index (χ1n) is 6.26. The van der Waals surface area contributed by atoms with Crippen LogP contribution in [0.1, 0.15) is 25.1 Å². The van der Waals surface area contributed by atoms with Crippen molar-refractivity contribution in [3.63, 3.8) is 0 Å². The molecule has 1 aliphatic heterocycles. The SMILES string of the molecule is CNC1CCN(Cc2sccc2Br)C(C)C1C. The smallest absolute Gasteiger partial charge is 0.0342 e. The molecule has 1 saturated heterocycles. The van der Waals surface area contributed by atoms with Gasteiger partial charge in [0.05, 0.1) is 0 Å². The Morgan fingerprint density at radius 3 is 2.88 bits per heavy atom. The van der Waals surface area contributed by atoms with Crippen molar-refractivity contribution in [2.75, 3.05) is 13.6 Å². The number of piperidine rings is 1. The van der Waals surface area contributed by atoms with Gasteiger partial charge in [0.1, 0.15) is 0 Å². The predicted molar refractivity (Wildman–Crippen MR) is 78.5 cm³/mol. The maximum absolute atomic E-state index is 3.63. The van der Waals surface area contributed by atoms with Crippen LogP contribution < -0.4 is 5.32 Å². The van der Waals surface area contributed by atoms with Gasteiger partial charge in [0.25, 0.3) is 0 Å². The normalized spacial score (nSPS) is 30.7. The lowest BCUT2D eigenvalue weighted by Crippen LogP contribution is -2.52. The first-order valence-corrected chi connectivity index (χ1v) is 7.94. The zero-order valence-corrected chi connectivity index (χ0v) is 13.1. The summed E-state index contributed by atoms with van der Waals surface area (Å²) in [6.45, 7) is 7.00. The van der Waals surface area contributed by atoms with E-state index < -0.39 is 0 Å². The molecule has 17 heavy (non-hydrogen) atoms. The molecule has 3 atom stereocenters. The van der Waals surface area contributed by atoms with E-state index in [2.05, 4.69) is 58.5 Å². The number of rotatable bonds is 3. The van der Waals surface area contributed by atoms with E-state index in [0.29, 0.717) is 18.0 Å². The van der Waals surface area contributed by atoms with E-state index in [1.165, 1.54) is 22.3 Å². The molecule has 0 aromatic carbocycles. The minimum Gasteiger partial charge on any atom is -0.317 e. The van der Waals surface area contributed by atoms with Crippen LogP contribution in [0.5, 0.6) is 0 Å². The number of nitrogens with zero attached hydrogens (tertiary/aromatic N) is 1. The van der Waals surface area contributed by atoms with Crippen molar-refractivity contribution in [3.05, 3.63) is 20.8 Å². The highest BCUT2D eigenvalue weighted by Gasteiger charge is 2.31. The molecule has 96 valence electrons. The molecule has 2 rings (SSSR count). The van der Waals surface area contributed by atoms with E-state index in [-0.39, 0.29) is 0 Å². The van der Waals surface area contributed by atoms with Gasteiger partial charge in [0.15, 0.2) is 0 Å². The molecule has 0 aliphatic carbocycles. The lowest BCUT2D eigenvalue weighted by Gasteiger charge is -2.42. The summed E-state index contributed by atoms with van der Waals surface area (Å²) in [4.78, 5) is 4.06. The highest BCUT2D eigenvalue weighted by Crippen LogP contribution is 2.29. The van der Waals surface area contributed by atoms with Crippen LogP contribution >= 0.6 is 27.3 Å². The van der Waals surface area contributed by atoms with Crippen molar-refractivity contribution in [1.29, 1.82) is 0 Å². The van der Waals surface area contributed by atoms with Gasteiger partial charge < -0.3 is 5.32 Å².